The zero-order valence-corrected chi connectivity index (χ0v) is 13.7. The second-order valence-corrected chi connectivity index (χ2v) is 5.43. The van der Waals surface area contributed by atoms with Crippen LogP contribution in [-0.4, -0.2) is 33.2 Å². The van der Waals surface area contributed by atoms with Crippen LogP contribution < -0.4 is 4.74 Å². The fourth-order valence-electron chi connectivity index (χ4n) is 1.96. The number of nitrogens with zero attached hydrogens (tertiary/aromatic N) is 3. The molecule has 0 spiro atoms. The normalized spacial score (nSPS) is 12.0. The third-order valence-corrected chi connectivity index (χ3v) is 2.77. The van der Waals surface area contributed by atoms with E-state index in [0.717, 1.165) is 0 Å². The van der Waals surface area contributed by atoms with Gasteiger partial charge in [0.05, 0.1) is 6.10 Å². The molecule has 0 aliphatic carbocycles. The number of ether oxygens (including phenoxy) is 2. The monoisotopic (exact) mass is 355 g/mol. The molecular formula is C16H16F3N3O3. The number of hydrogen-bond acceptors (Lipinski definition) is 5. The van der Waals surface area contributed by atoms with Gasteiger partial charge in [0, 0.05) is 17.8 Å². The van der Waals surface area contributed by atoms with Crippen molar-refractivity contribution in [3.63, 3.8) is 0 Å². The van der Waals surface area contributed by atoms with E-state index in [1.165, 1.54) is 35.4 Å². The van der Waals surface area contributed by atoms with E-state index in [0.29, 0.717) is 11.1 Å². The molecule has 25 heavy (non-hydrogen) atoms. The predicted molar refractivity (Wildman–Crippen MR) is 83.4 cm³/mol. The van der Waals surface area contributed by atoms with Gasteiger partial charge in [0.15, 0.2) is 5.82 Å². The number of esters is 1. The van der Waals surface area contributed by atoms with Gasteiger partial charge in [-0.25, -0.2) is 14.5 Å². The lowest BCUT2D eigenvalue weighted by atomic mass is 10.1. The first-order valence-electron chi connectivity index (χ1n) is 7.30. The summed E-state index contributed by atoms with van der Waals surface area (Å²) in [5.74, 6) is -0.698. The van der Waals surface area contributed by atoms with Gasteiger partial charge in [-0.15, -0.1) is 18.3 Å². The van der Waals surface area contributed by atoms with Crippen LogP contribution >= 0.6 is 0 Å². The molecule has 2 aromatic rings. The zero-order valence-electron chi connectivity index (χ0n) is 13.7. The summed E-state index contributed by atoms with van der Waals surface area (Å²) in [5, 5.41) is 4.08. The third kappa shape index (κ3) is 5.94. The number of benzene rings is 1. The van der Waals surface area contributed by atoms with Crippen LogP contribution in [0.5, 0.6) is 5.75 Å². The van der Waals surface area contributed by atoms with Crippen molar-refractivity contribution in [1.82, 2.24) is 14.8 Å². The van der Waals surface area contributed by atoms with E-state index in [-0.39, 0.29) is 17.7 Å². The summed E-state index contributed by atoms with van der Waals surface area (Å²) in [6, 6.07) is 4.08. The molecule has 1 aromatic carbocycles. The molecular weight excluding hydrogens is 339 g/mol. The Bertz CT molecular complexity index is 782. The third-order valence-electron chi connectivity index (χ3n) is 2.77. The molecule has 0 aliphatic heterocycles. The highest BCUT2D eigenvalue weighted by Gasteiger charge is 2.31. The van der Waals surface area contributed by atoms with E-state index in [4.69, 9.17) is 4.74 Å². The maximum absolute atomic E-state index is 12.4. The smallest absolute Gasteiger partial charge is 0.460 e. The van der Waals surface area contributed by atoms with Crippen LogP contribution in [0.2, 0.25) is 0 Å². The molecule has 0 unspecified atom stereocenters. The Balaban J connectivity index is 2.19. The average Bonchev–Trinajstić information content (AvgIpc) is 2.90. The van der Waals surface area contributed by atoms with Crippen molar-refractivity contribution in [2.75, 3.05) is 0 Å². The van der Waals surface area contributed by atoms with Gasteiger partial charge in [0.1, 0.15) is 12.1 Å². The van der Waals surface area contributed by atoms with Crippen LogP contribution in [0.15, 0.2) is 30.6 Å². The number of aromatic nitrogens is 3. The van der Waals surface area contributed by atoms with E-state index in [1.54, 1.807) is 26.8 Å². The molecule has 134 valence electrons. The second kappa shape index (κ2) is 7.37. The number of rotatable bonds is 5. The molecule has 0 N–H and O–H groups in total. The van der Waals surface area contributed by atoms with Crippen LogP contribution in [0.25, 0.3) is 17.6 Å². The molecule has 1 aromatic heterocycles. The lowest BCUT2D eigenvalue weighted by molar-refractivity contribution is -0.274. The first kappa shape index (κ1) is 18.5. The van der Waals surface area contributed by atoms with Gasteiger partial charge in [-0.3, -0.25) is 0 Å². The molecule has 0 atom stereocenters. The van der Waals surface area contributed by atoms with Crippen molar-refractivity contribution in [3.05, 3.63) is 36.2 Å². The Morgan fingerprint density at radius 2 is 2.00 bits per heavy atom. The van der Waals surface area contributed by atoms with Crippen LogP contribution in [0, 0.1) is 6.92 Å². The van der Waals surface area contributed by atoms with Gasteiger partial charge in [0.2, 0.25) is 0 Å². The fraction of sp³-hybridized carbons (Fsp3) is 0.312. The molecule has 0 fully saturated rings. The van der Waals surface area contributed by atoms with Crippen molar-refractivity contribution >= 4 is 12.2 Å². The zero-order chi connectivity index (χ0) is 18.6. The summed E-state index contributed by atoms with van der Waals surface area (Å²) in [4.78, 5) is 15.4. The Hall–Kier alpha value is -2.84. The number of halogens is 3. The SMILES string of the molecule is Cc1cc(OC(F)(F)F)cc(-c2ncn(/C=C\C(=O)OC(C)C)n2)c1. The van der Waals surface area contributed by atoms with E-state index >= 15 is 0 Å². The number of carbonyl (C=O) groups excluding carboxylic acids is 1. The molecule has 6 nitrogen and oxygen atoms in total. The topological polar surface area (TPSA) is 66.2 Å². The summed E-state index contributed by atoms with van der Waals surface area (Å²) in [5.41, 5.74) is 0.917. The summed E-state index contributed by atoms with van der Waals surface area (Å²) in [6.07, 6.45) is -1.20. The summed E-state index contributed by atoms with van der Waals surface area (Å²) >= 11 is 0. The van der Waals surface area contributed by atoms with Gasteiger partial charge < -0.3 is 9.47 Å². The Morgan fingerprint density at radius 3 is 2.64 bits per heavy atom. The van der Waals surface area contributed by atoms with Gasteiger partial charge in [-0.2, -0.15) is 0 Å². The fourth-order valence-corrected chi connectivity index (χ4v) is 1.96. The Labute approximate surface area is 141 Å². The van der Waals surface area contributed by atoms with Crippen LogP contribution in [-0.2, 0) is 9.53 Å². The van der Waals surface area contributed by atoms with Gasteiger partial charge >= 0.3 is 12.3 Å². The van der Waals surface area contributed by atoms with Gasteiger partial charge in [-0.1, -0.05) is 0 Å². The number of alkyl halides is 3. The molecule has 2 rings (SSSR count). The Kier molecular flexibility index (Phi) is 5.45. The molecule has 0 radical (unpaired) electrons. The molecule has 9 heteroatoms. The maximum atomic E-state index is 12.4. The van der Waals surface area contributed by atoms with Crippen LogP contribution in [0.4, 0.5) is 13.2 Å². The second-order valence-electron chi connectivity index (χ2n) is 5.43. The molecule has 0 amide bonds. The first-order valence-corrected chi connectivity index (χ1v) is 7.30. The highest BCUT2D eigenvalue weighted by atomic mass is 19.4. The largest absolute Gasteiger partial charge is 0.573 e. The number of carbonyl (C=O) groups is 1. The first-order chi connectivity index (χ1) is 11.6. The predicted octanol–water partition coefficient (Wildman–Crippen LogP) is 3.57. The molecule has 0 aliphatic rings. The highest BCUT2D eigenvalue weighted by molar-refractivity contribution is 5.85. The van der Waals surface area contributed by atoms with Crippen molar-refractivity contribution in [2.45, 2.75) is 33.2 Å². The van der Waals surface area contributed by atoms with Crippen molar-refractivity contribution in [2.24, 2.45) is 0 Å². The Morgan fingerprint density at radius 1 is 1.28 bits per heavy atom. The van der Waals surface area contributed by atoms with Gasteiger partial charge in [0.25, 0.3) is 0 Å². The van der Waals surface area contributed by atoms with E-state index < -0.39 is 12.3 Å². The lowest BCUT2D eigenvalue weighted by Gasteiger charge is -2.10. The summed E-state index contributed by atoms with van der Waals surface area (Å²) in [6.45, 7) is 5.07. The van der Waals surface area contributed by atoms with E-state index in [2.05, 4.69) is 14.8 Å². The summed E-state index contributed by atoms with van der Waals surface area (Å²) in [7, 11) is 0. The quantitative estimate of drug-likeness (QED) is 0.606. The minimum Gasteiger partial charge on any atom is -0.460 e. The minimum atomic E-state index is -4.78. The van der Waals surface area contributed by atoms with Crippen LogP contribution in [0.3, 0.4) is 0 Å². The molecule has 0 saturated carbocycles. The van der Waals surface area contributed by atoms with Crippen molar-refractivity contribution in [3.8, 4) is 17.1 Å². The number of aryl methyl sites for hydroxylation is 1. The summed E-state index contributed by atoms with van der Waals surface area (Å²) < 4.78 is 47.2. The van der Waals surface area contributed by atoms with Crippen molar-refractivity contribution < 1.29 is 27.4 Å². The molecule has 0 saturated heterocycles. The molecule has 0 bridgehead atoms. The van der Waals surface area contributed by atoms with Crippen molar-refractivity contribution in [1.29, 1.82) is 0 Å². The van der Waals surface area contributed by atoms with Gasteiger partial charge in [-0.05, 0) is 44.5 Å². The minimum absolute atomic E-state index is 0.192. The lowest BCUT2D eigenvalue weighted by Crippen LogP contribution is -2.17. The van der Waals surface area contributed by atoms with Crippen LogP contribution in [0.1, 0.15) is 19.4 Å². The molecule has 1 heterocycles. The number of hydrogen-bond donors (Lipinski definition) is 0. The highest BCUT2D eigenvalue weighted by Crippen LogP contribution is 2.28. The maximum Gasteiger partial charge on any atom is 0.573 e. The average molecular weight is 355 g/mol. The standard InChI is InChI=1S/C16H16F3N3O3/c1-10(2)24-14(23)4-5-22-9-20-15(21-22)12-6-11(3)7-13(8-12)25-16(17,18)19/h4-10H,1-3H3/b5-4-. The van der Waals surface area contributed by atoms with E-state index in [1.807, 2.05) is 0 Å². The van der Waals surface area contributed by atoms with E-state index in [9.17, 15) is 18.0 Å².